The third kappa shape index (κ3) is 2.56. The van der Waals surface area contributed by atoms with Gasteiger partial charge in [0, 0.05) is 22.7 Å². The molecule has 1 aromatic rings. The molecule has 18 heavy (non-hydrogen) atoms. The van der Waals surface area contributed by atoms with Crippen LogP contribution in [0.5, 0.6) is 0 Å². The van der Waals surface area contributed by atoms with E-state index in [2.05, 4.69) is 22.4 Å². The number of nitrogens with one attached hydrogen (secondary N) is 1. The lowest BCUT2D eigenvalue weighted by molar-refractivity contribution is 0.240. The van der Waals surface area contributed by atoms with Crippen LogP contribution in [0.4, 0.5) is 0 Å². The molecule has 1 N–H and O–H groups in total. The first-order valence-corrected chi connectivity index (χ1v) is 8.72. The van der Waals surface area contributed by atoms with Crippen LogP contribution in [-0.4, -0.2) is 40.5 Å². The topological polar surface area (TPSA) is 51.0 Å². The second-order valence-electron chi connectivity index (χ2n) is 5.20. The van der Waals surface area contributed by atoms with Crippen molar-refractivity contribution in [2.45, 2.75) is 30.4 Å². The van der Waals surface area contributed by atoms with Gasteiger partial charge in [0.1, 0.15) is 0 Å². The van der Waals surface area contributed by atoms with Gasteiger partial charge in [0.25, 0.3) is 0 Å². The summed E-state index contributed by atoms with van der Waals surface area (Å²) in [5.74, 6) is 5.30. The van der Waals surface area contributed by atoms with E-state index in [1.165, 1.54) is 11.5 Å². The fourth-order valence-corrected chi connectivity index (χ4v) is 5.03. The first-order chi connectivity index (χ1) is 8.78. The molecule has 0 radical (unpaired) electrons. The molecule has 0 spiro atoms. The quantitative estimate of drug-likeness (QED) is 0.899. The van der Waals surface area contributed by atoms with Crippen LogP contribution >= 0.6 is 23.5 Å². The monoisotopic (exact) mass is 285 g/mol. The van der Waals surface area contributed by atoms with Crippen molar-refractivity contribution < 1.29 is 4.52 Å². The Labute approximate surface area is 116 Å². The molecule has 3 rings (SSSR count). The van der Waals surface area contributed by atoms with Crippen LogP contribution < -0.4 is 5.32 Å². The van der Waals surface area contributed by atoms with E-state index < -0.39 is 0 Å². The molecule has 4 nitrogen and oxygen atoms in total. The molecule has 3 heterocycles. The molecule has 100 valence electrons. The molecule has 2 fully saturated rings. The molecule has 2 aliphatic rings. The molecule has 0 saturated carbocycles. The summed E-state index contributed by atoms with van der Waals surface area (Å²) in [5.41, 5.74) is 0.0724. The number of hydrogen-bond acceptors (Lipinski definition) is 6. The van der Waals surface area contributed by atoms with E-state index in [0.29, 0.717) is 5.25 Å². The van der Waals surface area contributed by atoms with Crippen molar-refractivity contribution in [2.75, 3.05) is 30.3 Å². The second kappa shape index (κ2) is 5.43. The normalized spacial score (nSPS) is 28.2. The fraction of sp³-hybridized carbons (Fsp3) is 0.833. The van der Waals surface area contributed by atoms with Crippen molar-refractivity contribution in [3.05, 3.63) is 11.7 Å². The van der Waals surface area contributed by atoms with Gasteiger partial charge in [-0.2, -0.15) is 16.7 Å². The van der Waals surface area contributed by atoms with Gasteiger partial charge in [-0.05, 0) is 25.9 Å². The van der Waals surface area contributed by atoms with Crippen LogP contribution in [0.1, 0.15) is 36.7 Å². The van der Waals surface area contributed by atoms with Gasteiger partial charge in [0.05, 0.1) is 5.25 Å². The summed E-state index contributed by atoms with van der Waals surface area (Å²) in [6.45, 7) is 4.33. The largest absolute Gasteiger partial charge is 0.339 e. The zero-order valence-corrected chi connectivity index (χ0v) is 12.3. The molecular weight excluding hydrogens is 266 g/mol. The SMILES string of the molecule is CC1(c2nc(C3CSCCS3)no2)CCNCC1. The molecule has 0 aliphatic carbocycles. The molecule has 2 aliphatic heterocycles. The minimum atomic E-state index is 0.0724. The Morgan fingerprint density at radius 2 is 2.17 bits per heavy atom. The highest BCUT2D eigenvalue weighted by Crippen LogP contribution is 2.37. The van der Waals surface area contributed by atoms with Crippen molar-refractivity contribution in [1.82, 2.24) is 15.5 Å². The van der Waals surface area contributed by atoms with Crippen molar-refractivity contribution in [1.29, 1.82) is 0 Å². The number of piperidine rings is 1. The summed E-state index contributed by atoms with van der Waals surface area (Å²) in [5, 5.41) is 8.02. The maximum atomic E-state index is 5.55. The molecule has 1 atom stereocenters. The first-order valence-electron chi connectivity index (χ1n) is 6.52. The molecular formula is C12H19N3OS2. The van der Waals surface area contributed by atoms with Crippen molar-refractivity contribution >= 4 is 23.5 Å². The van der Waals surface area contributed by atoms with Gasteiger partial charge in [-0.25, -0.2) is 0 Å². The number of thioether (sulfide) groups is 2. The van der Waals surface area contributed by atoms with Gasteiger partial charge >= 0.3 is 0 Å². The molecule has 0 amide bonds. The van der Waals surface area contributed by atoms with Crippen LogP contribution in [0.15, 0.2) is 4.52 Å². The predicted molar refractivity (Wildman–Crippen MR) is 76.3 cm³/mol. The third-order valence-electron chi connectivity index (χ3n) is 3.77. The summed E-state index contributed by atoms with van der Waals surface area (Å²) in [7, 11) is 0. The van der Waals surface area contributed by atoms with E-state index in [4.69, 9.17) is 4.52 Å². The van der Waals surface area contributed by atoms with E-state index in [9.17, 15) is 0 Å². The molecule has 0 bridgehead atoms. The van der Waals surface area contributed by atoms with E-state index in [0.717, 1.165) is 43.4 Å². The Morgan fingerprint density at radius 3 is 2.89 bits per heavy atom. The predicted octanol–water partition coefficient (Wildman–Crippen LogP) is 2.23. The zero-order chi connectivity index (χ0) is 12.4. The minimum Gasteiger partial charge on any atom is -0.339 e. The Bertz CT molecular complexity index is 398. The maximum absolute atomic E-state index is 5.55. The molecule has 1 unspecified atom stereocenters. The number of nitrogens with zero attached hydrogens (tertiary/aromatic N) is 2. The summed E-state index contributed by atoms with van der Waals surface area (Å²) in [6, 6.07) is 0. The van der Waals surface area contributed by atoms with Gasteiger partial charge in [0.2, 0.25) is 5.89 Å². The number of aromatic nitrogens is 2. The van der Waals surface area contributed by atoms with Crippen molar-refractivity contribution in [2.24, 2.45) is 0 Å². The Hall–Kier alpha value is -0.200. The highest BCUT2D eigenvalue weighted by molar-refractivity contribution is 8.06. The van der Waals surface area contributed by atoms with Crippen molar-refractivity contribution in [3.63, 3.8) is 0 Å². The average Bonchev–Trinajstić information content (AvgIpc) is 2.91. The second-order valence-corrected chi connectivity index (χ2v) is 7.66. The first kappa shape index (κ1) is 12.8. The molecule has 1 aromatic heterocycles. The summed E-state index contributed by atoms with van der Waals surface area (Å²) in [6.07, 6.45) is 2.17. The maximum Gasteiger partial charge on any atom is 0.232 e. The summed E-state index contributed by atoms with van der Waals surface area (Å²) >= 11 is 3.95. The minimum absolute atomic E-state index is 0.0724. The summed E-state index contributed by atoms with van der Waals surface area (Å²) in [4.78, 5) is 4.69. The lowest BCUT2D eigenvalue weighted by atomic mass is 9.81. The van der Waals surface area contributed by atoms with Gasteiger partial charge < -0.3 is 9.84 Å². The Kier molecular flexibility index (Phi) is 3.86. The van der Waals surface area contributed by atoms with Gasteiger partial charge in [-0.3, -0.25) is 0 Å². The van der Waals surface area contributed by atoms with E-state index in [1.54, 1.807) is 0 Å². The van der Waals surface area contributed by atoms with E-state index in [1.807, 2.05) is 23.5 Å². The smallest absolute Gasteiger partial charge is 0.232 e. The standard InChI is InChI=1S/C12H19N3OS2/c1-12(2-4-13-5-3-12)11-14-10(15-16-11)9-8-17-6-7-18-9/h9,13H,2-8H2,1H3. The van der Waals surface area contributed by atoms with Crippen LogP contribution in [0.25, 0.3) is 0 Å². The lowest BCUT2D eigenvalue weighted by Crippen LogP contribution is -2.37. The third-order valence-corrected chi connectivity index (χ3v) is 6.52. The molecule has 2 saturated heterocycles. The van der Waals surface area contributed by atoms with Crippen LogP contribution in [-0.2, 0) is 5.41 Å². The molecule has 0 aromatic carbocycles. The fourth-order valence-electron chi connectivity index (χ4n) is 2.44. The lowest BCUT2D eigenvalue weighted by Gasteiger charge is -2.30. The molecule has 6 heteroatoms. The zero-order valence-electron chi connectivity index (χ0n) is 10.6. The van der Waals surface area contributed by atoms with Gasteiger partial charge in [-0.15, -0.1) is 11.8 Å². The average molecular weight is 285 g/mol. The van der Waals surface area contributed by atoms with Gasteiger partial charge in [-0.1, -0.05) is 12.1 Å². The van der Waals surface area contributed by atoms with Crippen LogP contribution in [0.3, 0.4) is 0 Å². The van der Waals surface area contributed by atoms with E-state index in [-0.39, 0.29) is 5.41 Å². The van der Waals surface area contributed by atoms with E-state index >= 15 is 0 Å². The van der Waals surface area contributed by atoms with Crippen LogP contribution in [0, 0.1) is 0 Å². The summed E-state index contributed by atoms with van der Waals surface area (Å²) < 4.78 is 5.55. The Balaban J connectivity index is 1.75. The van der Waals surface area contributed by atoms with Crippen LogP contribution in [0.2, 0.25) is 0 Å². The van der Waals surface area contributed by atoms with Gasteiger partial charge in [0.15, 0.2) is 5.82 Å². The van der Waals surface area contributed by atoms with Crippen molar-refractivity contribution in [3.8, 4) is 0 Å². The number of rotatable bonds is 2. The number of hydrogen-bond donors (Lipinski definition) is 1. The Morgan fingerprint density at radius 1 is 1.33 bits per heavy atom. The highest BCUT2D eigenvalue weighted by Gasteiger charge is 2.35. The highest BCUT2D eigenvalue weighted by atomic mass is 32.2.